The number of aromatic nitrogens is 1. The normalized spacial score (nSPS) is 27.5. The number of nitrogens with zero attached hydrogens (tertiary/aromatic N) is 1. The molecule has 1 amide bonds. The maximum Gasteiger partial charge on any atom is 0.251 e. The Morgan fingerprint density at radius 2 is 1.92 bits per heavy atom. The maximum absolute atomic E-state index is 12.4. The molecule has 1 aromatic heterocycles. The third-order valence-electron chi connectivity index (χ3n) is 5.75. The number of rotatable bonds is 5. The van der Waals surface area contributed by atoms with E-state index in [0.717, 1.165) is 24.3 Å². The fourth-order valence-electron chi connectivity index (χ4n) is 4.42. The third kappa shape index (κ3) is 3.43. The van der Waals surface area contributed by atoms with Crippen molar-refractivity contribution < 1.29 is 9.53 Å². The van der Waals surface area contributed by atoms with Crippen LogP contribution in [0.4, 0.5) is 0 Å². The molecule has 4 nitrogen and oxygen atoms in total. The van der Waals surface area contributed by atoms with Gasteiger partial charge in [0.1, 0.15) is 6.10 Å². The standard InChI is InChI=1S/C21H23ClN2O2/c1-12-4-3-9-23-21(12)26-16-10-17-18(11-16)19(17)13(2)24-20(25)14-5-7-15(22)8-6-14/h3-9,13,16-19H,10-11H2,1-2H3,(H,24,25). The molecule has 136 valence electrons. The van der Waals surface area contributed by atoms with Crippen LogP contribution in [0.5, 0.6) is 5.88 Å². The molecule has 2 saturated carbocycles. The highest BCUT2D eigenvalue weighted by atomic mass is 35.5. The van der Waals surface area contributed by atoms with Crippen LogP contribution in [0, 0.1) is 24.7 Å². The molecular weight excluding hydrogens is 348 g/mol. The topological polar surface area (TPSA) is 51.2 Å². The number of hydrogen-bond acceptors (Lipinski definition) is 3. The Balaban J connectivity index is 1.29. The lowest BCUT2D eigenvalue weighted by molar-refractivity contribution is 0.0930. The molecule has 1 heterocycles. The maximum atomic E-state index is 12.4. The third-order valence-corrected chi connectivity index (χ3v) is 6.00. The van der Waals surface area contributed by atoms with E-state index in [-0.39, 0.29) is 18.1 Å². The van der Waals surface area contributed by atoms with Gasteiger partial charge in [-0.3, -0.25) is 4.79 Å². The SMILES string of the molecule is Cc1cccnc1OC1CC2C(C1)C2C(C)NC(=O)c1ccc(Cl)cc1. The molecule has 3 atom stereocenters. The van der Waals surface area contributed by atoms with Crippen molar-refractivity contribution in [3.63, 3.8) is 0 Å². The van der Waals surface area contributed by atoms with Crippen molar-refractivity contribution in [2.24, 2.45) is 17.8 Å². The number of benzene rings is 1. The van der Waals surface area contributed by atoms with Crippen LogP contribution in [0.1, 0.15) is 35.7 Å². The van der Waals surface area contributed by atoms with Gasteiger partial charge in [0.2, 0.25) is 5.88 Å². The highest BCUT2D eigenvalue weighted by Crippen LogP contribution is 2.59. The smallest absolute Gasteiger partial charge is 0.251 e. The lowest BCUT2D eigenvalue weighted by Crippen LogP contribution is -2.36. The Labute approximate surface area is 158 Å². The average Bonchev–Trinajstić information content (AvgIpc) is 3.13. The van der Waals surface area contributed by atoms with E-state index in [1.165, 1.54) is 0 Å². The fraction of sp³-hybridized carbons (Fsp3) is 0.429. The molecule has 1 aromatic carbocycles. The van der Waals surface area contributed by atoms with E-state index in [0.29, 0.717) is 28.3 Å². The number of fused-ring (bicyclic) bond motifs is 1. The number of hydrogen-bond donors (Lipinski definition) is 1. The number of amides is 1. The minimum Gasteiger partial charge on any atom is -0.474 e. The van der Waals surface area contributed by atoms with Crippen molar-refractivity contribution in [2.75, 3.05) is 0 Å². The van der Waals surface area contributed by atoms with Gasteiger partial charge in [-0.2, -0.15) is 0 Å². The van der Waals surface area contributed by atoms with Gasteiger partial charge in [0.05, 0.1) is 0 Å². The van der Waals surface area contributed by atoms with Crippen LogP contribution >= 0.6 is 11.6 Å². The molecule has 5 heteroatoms. The van der Waals surface area contributed by atoms with Crippen molar-refractivity contribution in [2.45, 2.75) is 38.8 Å². The van der Waals surface area contributed by atoms with E-state index in [4.69, 9.17) is 16.3 Å². The second-order valence-corrected chi connectivity index (χ2v) is 7.95. The molecule has 2 aromatic rings. The summed E-state index contributed by atoms with van der Waals surface area (Å²) in [6, 6.07) is 11.1. The van der Waals surface area contributed by atoms with Gasteiger partial charge in [-0.25, -0.2) is 4.98 Å². The first-order valence-corrected chi connectivity index (χ1v) is 9.55. The van der Waals surface area contributed by atoms with Crippen molar-refractivity contribution in [3.05, 3.63) is 58.7 Å². The number of aryl methyl sites for hydroxylation is 1. The predicted octanol–water partition coefficient (Wildman–Crippen LogP) is 4.27. The molecule has 0 bridgehead atoms. The summed E-state index contributed by atoms with van der Waals surface area (Å²) in [5.41, 5.74) is 1.73. The van der Waals surface area contributed by atoms with E-state index in [2.05, 4.69) is 17.2 Å². The van der Waals surface area contributed by atoms with Crippen LogP contribution in [0.25, 0.3) is 0 Å². The second-order valence-electron chi connectivity index (χ2n) is 7.51. The molecule has 0 spiro atoms. The molecular formula is C21H23ClN2O2. The van der Waals surface area contributed by atoms with Gasteiger partial charge in [-0.1, -0.05) is 17.7 Å². The second kappa shape index (κ2) is 6.92. The molecule has 0 saturated heterocycles. The first-order valence-electron chi connectivity index (χ1n) is 9.17. The largest absolute Gasteiger partial charge is 0.474 e. The summed E-state index contributed by atoms with van der Waals surface area (Å²) in [6.45, 7) is 4.13. The monoisotopic (exact) mass is 370 g/mol. The lowest BCUT2D eigenvalue weighted by Gasteiger charge is -2.20. The zero-order chi connectivity index (χ0) is 18.3. The first kappa shape index (κ1) is 17.3. The van der Waals surface area contributed by atoms with Gasteiger partial charge in [-0.15, -0.1) is 0 Å². The molecule has 2 aliphatic carbocycles. The van der Waals surface area contributed by atoms with Crippen LogP contribution in [-0.4, -0.2) is 23.0 Å². The van der Waals surface area contributed by atoms with Gasteiger partial charge < -0.3 is 10.1 Å². The minimum atomic E-state index is -0.0314. The van der Waals surface area contributed by atoms with E-state index in [1.807, 2.05) is 19.1 Å². The van der Waals surface area contributed by atoms with Crippen LogP contribution in [0.15, 0.2) is 42.6 Å². The van der Waals surface area contributed by atoms with Crippen LogP contribution in [0.3, 0.4) is 0 Å². The van der Waals surface area contributed by atoms with Gasteiger partial charge in [0.25, 0.3) is 5.91 Å². The highest BCUT2D eigenvalue weighted by Gasteiger charge is 2.58. The van der Waals surface area contributed by atoms with Gasteiger partial charge in [-0.05, 0) is 74.8 Å². The van der Waals surface area contributed by atoms with Gasteiger partial charge in [0.15, 0.2) is 0 Å². The Kier molecular flexibility index (Phi) is 4.62. The number of pyridine rings is 1. The van der Waals surface area contributed by atoms with E-state index in [9.17, 15) is 4.79 Å². The Morgan fingerprint density at radius 1 is 1.23 bits per heavy atom. The Morgan fingerprint density at radius 3 is 2.58 bits per heavy atom. The predicted molar refractivity (Wildman–Crippen MR) is 101 cm³/mol. The zero-order valence-electron chi connectivity index (χ0n) is 15.0. The van der Waals surface area contributed by atoms with E-state index < -0.39 is 0 Å². The summed E-state index contributed by atoms with van der Waals surface area (Å²) in [5, 5.41) is 3.78. The zero-order valence-corrected chi connectivity index (χ0v) is 15.7. The molecule has 4 rings (SSSR count). The lowest BCUT2D eigenvalue weighted by atomic mass is 10.0. The Hall–Kier alpha value is -2.07. The van der Waals surface area contributed by atoms with Gasteiger partial charge in [0, 0.05) is 28.4 Å². The molecule has 0 aliphatic heterocycles. The summed E-state index contributed by atoms with van der Waals surface area (Å²) >= 11 is 5.88. The number of ether oxygens (including phenoxy) is 1. The molecule has 1 N–H and O–H groups in total. The molecule has 0 radical (unpaired) electrons. The van der Waals surface area contributed by atoms with Crippen LogP contribution in [-0.2, 0) is 0 Å². The Bertz CT molecular complexity index is 796. The summed E-state index contributed by atoms with van der Waals surface area (Å²) in [7, 11) is 0. The molecule has 2 aliphatic rings. The van der Waals surface area contributed by atoms with Crippen molar-refractivity contribution in [3.8, 4) is 5.88 Å². The van der Waals surface area contributed by atoms with Crippen molar-refractivity contribution >= 4 is 17.5 Å². The number of carbonyl (C=O) groups excluding carboxylic acids is 1. The number of nitrogens with one attached hydrogen (secondary N) is 1. The van der Waals surface area contributed by atoms with Gasteiger partial charge >= 0.3 is 0 Å². The van der Waals surface area contributed by atoms with E-state index in [1.54, 1.807) is 30.5 Å². The van der Waals surface area contributed by atoms with Crippen molar-refractivity contribution in [1.82, 2.24) is 10.3 Å². The molecule has 2 fully saturated rings. The fourth-order valence-corrected chi connectivity index (χ4v) is 4.55. The summed E-state index contributed by atoms with van der Waals surface area (Å²) in [6.07, 6.45) is 4.11. The van der Waals surface area contributed by atoms with Crippen LogP contribution < -0.4 is 10.1 Å². The highest BCUT2D eigenvalue weighted by molar-refractivity contribution is 6.30. The molecule has 3 unspecified atom stereocenters. The first-order chi connectivity index (χ1) is 12.5. The summed E-state index contributed by atoms with van der Waals surface area (Å²) < 4.78 is 6.09. The number of halogens is 1. The summed E-state index contributed by atoms with van der Waals surface area (Å²) in [4.78, 5) is 16.7. The van der Waals surface area contributed by atoms with Crippen molar-refractivity contribution in [1.29, 1.82) is 0 Å². The van der Waals surface area contributed by atoms with Crippen LogP contribution in [0.2, 0.25) is 5.02 Å². The minimum absolute atomic E-state index is 0.0314. The quantitative estimate of drug-likeness (QED) is 0.855. The number of carbonyl (C=O) groups is 1. The average molecular weight is 371 g/mol. The van der Waals surface area contributed by atoms with E-state index >= 15 is 0 Å². The molecule has 26 heavy (non-hydrogen) atoms. The summed E-state index contributed by atoms with van der Waals surface area (Å²) in [5.74, 6) is 2.56.